The van der Waals surface area contributed by atoms with Gasteiger partial charge < -0.3 is 15.2 Å². The maximum absolute atomic E-state index is 6.15. The lowest BCUT2D eigenvalue weighted by Gasteiger charge is -2.59. The molecule has 108 valence electrons. The SMILES string of the molecule is NCCC1COC(C23CC4CC(CC(C4)C2)C3)OC1. The molecule has 4 saturated carbocycles. The van der Waals surface area contributed by atoms with Crippen molar-refractivity contribution < 1.29 is 9.47 Å². The van der Waals surface area contributed by atoms with Crippen LogP contribution in [0.4, 0.5) is 0 Å². The number of hydrogen-bond donors (Lipinski definition) is 1. The lowest BCUT2D eigenvalue weighted by atomic mass is 9.49. The minimum Gasteiger partial charge on any atom is -0.352 e. The normalized spacial score (nSPS) is 52.6. The summed E-state index contributed by atoms with van der Waals surface area (Å²) in [6.45, 7) is 2.48. The Balaban J connectivity index is 1.45. The van der Waals surface area contributed by atoms with Gasteiger partial charge in [0.15, 0.2) is 6.29 Å². The van der Waals surface area contributed by atoms with Crippen molar-refractivity contribution in [1.29, 1.82) is 0 Å². The summed E-state index contributed by atoms with van der Waals surface area (Å²) in [4.78, 5) is 0. The van der Waals surface area contributed by atoms with Crippen molar-refractivity contribution in [3.8, 4) is 0 Å². The second-order valence-electron chi connectivity index (χ2n) is 7.72. The summed E-state index contributed by atoms with van der Waals surface area (Å²) in [7, 11) is 0. The van der Waals surface area contributed by atoms with E-state index >= 15 is 0 Å². The maximum Gasteiger partial charge on any atom is 0.163 e. The average molecular weight is 265 g/mol. The zero-order chi connectivity index (χ0) is 12.9. The van der Waals surface area contributed by atoms with Crippen LogP contribution in [0.3, 0.4) is 0 Å². The minimum atomic E-state index is 0.0925. The maximum atomic E-state index is 6.15. The Labute approximate surface area is 116 Å². The van der Waals surface area contributed by atoms with E-state index in [1.807, 2.05) is 0 Å². The average Bonchev–Trinajstić information content (AvgIpc) is 2.38. The van der Waals surface area contributed by atoms with Gasteiger partial charge in [0.2, 0.25) is 0 Å². The third kappa shape index (κ3) is 2.14. The molecule has 3 nitrogen and oxygen atoms in total. The highest BCUT2D eigenvalue weighted by molar-refractivity contribution is 5.03. The van der Waals surface area contributed by atoms with Gasteiger partial charge in [-0.1, -0.05) is 0 Å². The molecule has 5 fully saturated rings. The Bertz CT molecular complexity index is 300. The molecule has 0 spiro atoms. The predicted molar refractivity (Wildman–Crippen MR) is 73.5 cm³/mol. The number of nitrogens with two attached hydrogens (primary N) is 1. The van der Waals surface area contributed by atoms with E-state index < -0.39 is 0 Å². The van der Waals surface area contributed by atoms with Crippen molar-refractivity contribution in [3.05, 3.63) is 0 Å². The van der Waals surface area contributed by atoms with Gasteiger partial charge in [-0.2, -0.15) is 0 Å². The van der Waals surface area contributed by atoms with Crippen molar-refractivity contribution in [2.45, 2.75) is 51.2 Å². The van der Waals surface area contributed by atoms with Crippen LogP contribution in [0.25, 0.3) is 0 Å². The molecule has 0 unspecified atom stereocenters. The molecule has 5 rings (SSSR count). The Kier molecular flexibility index (Phi) is 3.13. The van der Waals surface area contributed by atoms with Crippen LogP contribution in [0.5, 0.6) is 0 Å². The van der Waals surface area contributed by atoms with Crippen LogP contribution in [0.1, 0.15) is 44.9 Å². The predicted octanol–water partition coefficient (Wildman–Crippen LogP) is 2.54. The highest BCUT2D eigenvalue weighted by Crippen LogP contribution is 2.62. The van der Waals surface area contributed by atoms with Gasteiger partial charge in [-0.25, -0.2) is 0 Å². The van der Waals surface area contributed by atoms with Crippen molar-refractivity contribution in [3.63, 3.8) is 0 Å². The van der Waals surface area contributed by atoms with E-state index in [4.69, 9.17) is 15.2 Å². The molecule has 1 heterocycles. The summed E-state index contributed by atoms with van der Waals surface area (Å²) in [5.41, 5.74) is 6.01. The first-order valence-electron chi connectivity index (χ1n) is 8.21. The molecule has 4 aliphatic carbocycles. The van der Waals surface area contributed by atoms with E-state index in [9.17, 15) is 0 Å². The summed E-state index contributed by atoms with van der Waals surface area (Å²) < 4.78 is 12.3. The van der Waals surface area contributed by atoms with Gasteiger partial charge in [0.25, 0.3) is 0 Å². The summed E-state index contributed by atoms with van der Waals surface area (Å²) in [5.74, 6) is 3.44. The van der Waals surface area contributed by atoms with Crippen LogP contribution >= 0.6 is 0 Å². The number of rotatable bonds is 3. The molecule has 0 aromatic carbocycles. The van der Waals surface area contributed by atoms with Crippen LogP contribution in [0.15, 0.2) is 0 Å². The van der Waals surface area contributed by atoms with Crippen LogP contribution < -0.4 is 5.73 Å². The Morgan fingerprint density at radius 1 is 0.895 bits per heavy atom. The molecule has 1 saturated heterocycles. The fourth-order valence-electron chi connectivity index (χ4n) is 5.77. The van der Waals surface area contributed by atoms with Crippen LogP contribution in [-0.4, -0.2) is 26.0 Å². The fraction of sp³-hybridized carbons (Fsp3) is 1.00. The van der Waals surface area contributed by atoms with Gasteiger partial charge in [-0.15, -0.1) is 0 Å². The topological polar surface area (TPSA) is 44.5 Å². The van der Waals surface area contributed by atoms with Crippen molar-refractivity contribution in [2.75, 3.05) is 19.8 Å². The Hall–Kier alpha value is -0.120. The van der Waals surface area contributed by atoms with Crippen LogP contribution in [0.2, 0.25) is 0 Å². The van der Waals surface area contributed by atoms with Gasteiger partial charge in [-0.3, -0.25) is 0 Å². The van der Waals surface area contributed by atoms with E-state index in [0.29, 0.717) is 11.3 Å². The standard InChI is InChI=1S/C16H27NO2/c17-2-1-11-9-18-15(19-10-11)16-6-12-3-13(7-16)5-14(4-12)8-16/h11-15H,1-10,17H2. The lowest BCUT2D eigenvalue weighted by molar-refractivity contribution is -0.284. The lowest BCUT2D eigenvalue weighted by Crippen LogP contribution is -2.55. The molecular formula is C16H27NO2. The number of hydrogen-bond acceptors (Lipinski definition) is 3. The van der Waals surface area contributed by atoms with E-state index in [1.165, 1.54) is 38.5 Å². The van der Waals surface area contributed by atoms with Crippen molar-refractivity contribution in [2.24, 2.45) is 34.8 Å². The van der Waals surface area contributed by atoms with Gasteiger partial charge in [0, 0.05) is 11.3 Å². The van der Waals surface area contributed by atoms with Gasteiger partial charge in [-0.05, 0) is 69.2 Å². The molecule has 0 aromatic rings. The molecule has 2 N–H and O–H groups in total. The van der Waals surface area contributed by atoms with Gasteiger partial charge in [0.05, 0.1) is 13.2 Å². The van der Waals surface area contributed by atoms with Crippen molar-refractivity contribution in [1.82, 2.24) is 0 Å². The first-order valence-corrected chi connectivity index (χ1v) is 8.21. The van der Waals surface area contributed by atoms with Gasteiger partial charge >= 0.3 is 0 Å². The van der Waals surface area contributed by atoms with E-state index in [2.05, 4.69) is 0 Å². The summed E-state index contributed by atoms with van der Waals surface area (Å²) in [6.07, 6.45) is 9.69. The molecule has 0 amide bonds. The summed E-state index contributed by atoms with van der Waals surface area (Å²) >= 11 is 0. The molecule has 4 bridgehead atoms. The van der Waals surface area contributed by atoms with Gasteiger partial charge in [0.1, 0.15) is 0 Å². The minimum absolute atomic E-state index is 0.0925. The van der Waals surface area contributed by atoms with Crippen molar-refractivity contribution >= 4 is 0 Å². The van der Waals surface area contributed by atoms with E-state index in [0.717, 1.165) is 43.9 Å². The molecule has 3 heteroatoms. The zero-order valence-electron chi connectivity index (χ0n) is 11.9. The van der Waals surface area contributed by atoms with E-state index in [1.54, 1.807) is 0 Å². The van der Waals surface area contributed by atoms with Crippen LogP contribution in [0, 0.1) is 29.1 Å². The molecular weight excluding hydrogens is 238 g/mol. The largest absolute Gasteiger partial charge is 0.352 e. The highest BCUT2D eigenvalue weighted by atomic mass is 16.7. The molecule has 0 radical (unpaired) electrons. The Morgan fingerprint density at radius 2 is 1.42 bits per heavy atom. The molecule has 5 aliphatic rings. The summed E-state index contributed by atoms with van der Waals surface area (Å²) in [6, 6.07) is 0. The molecule has 1 aliphatic heterocycles. The first kappa shape index (κ1) is 12.6. The third-order valence-corrected chi connectivity index (χ3v) is 6.13. The summed E-state index contributed by atoms with van der Waals surface area (Å²) in [5, 5.41) is 0. The second-order valence-corrected chi connectivity index (χ2v) is 7.72. The molecule has 19 heavy (non-hydrogen) atoms. The monoisotopic (exact) mass is 265 g/mol. The number of ether oxygens (including phenoxy) is 2. The third-order valence-electron chi connectivity index (χ3n) is 6.13. The quantitative estimate of drug-likeness (QED) is 0.853. The van der Waals surface area contributed by atoms with E-state index in [-0.39, 0.29) is 6.29 Å². The Morgan fingerprint density at radius 3 is 1.89 bits per heavy atom. The smallest absolute Gasteiger partial charge is 0.163 e. The molecule has 0 aromatic heterocycles. The molecule has 0 atom stereocenters. The van der Waals surface area contributed by atoms with Crippen LogP contribution in [-0.2, 0) is 9.47 Å². The fourth-order valence-corrected chi connectivity index (χ4v) is 5.77. The first-order chi connectivity index (χ1) is 9.27. The zero-order valence-corrected chi connectivity index (χ0v) is 11.9. The highest BCUT2D eigenvalue weighted by Gasteiger charge is 2.55. The second kappa shape index (κ2) is 4.71.